The Morgan fingerprint density at radius 1 is 1.39 bits per heavy atom. The molecule has 1 aromatic heterocycles. The summed E-state index contributed by atoms with van der Waals surface area (Å²) in [6.07, 6.45) is 4.01. The van der Waals surface area contributed by atoms with E-state index in [1.165, 1.54) is 12.4 Å². The second-order valence-electron chi connectivity index (χ2n) is 4.05. The molecular formula is C13H9FN4. The molecular weight excluding hydrogens is 231 g/mol. The standard InChI is InChI=1S/C13H9FN4/c14-11-5-9(6-15)1-2-12(11)18-4-3-10-7-16-8-17-13(10)18/h1-2,5,7-8H,3-4H2. The number of benzene rings is 1. The molecule has 5 heteroatoms. The highest BCUT2D eigenvalue weighted by Gasteiger charge is 2.24. The molecule has 3 rings (SSSR count). The van der Waals surface area contributed by atoms with Crippen molar-refractivity contribution in [2.75, 3.05) is 11.4 Å². The van der Waals surface area contributed by atoms with Crippen molar-refractivity contribution in [1.82, 2.24) is 9.97 Å². The monoisotopic (exact) mass is 240 g/mol. The molecule has 2 heterocycles. The zero-order valence-corrected chi connectivity index (χ0v) is 9.47. The predicted octanol–water partition coefficient (Wildman–Crippen LogP) is 2.18. The molecule has 0 N–H and O–H groups in total. The largest absolute Gasteiger partial charge is 0.323 e. The van der Waals surface area contributed by atoms with Crippen LogP contribution in [0.15, 0.2) is 30.7 Å². The highest BCUT2D eigenvalue weighted by molar-refractivity contribution is 5.66. The van der Waals surface area contributed by atoms with Crippen molar-refractivity contribution in [2.45, 2.75) is 6.42 Å². The molecule has 0 unspecified atom stereocenters. The number of nitrogens with zero attached hydrogens (tertiary/aromatic N) is 4. The van der Waals surface area contributed by atoms with E-state index in [2.05, 4.69) is 9.97 Å². The van der Waals surface area contributed by atoms with Gasteiger partial charge < -0.3 is 4.90 Å². The number of anilines is 2. The van der Waals surface area contributed by atoms with Gasteiger partial charge in [0.05, 0.1) is 17.3 Å². The minimum absolute atomic E-state index is 0.318. The van der Waals surface area contributed by atoms with Gasteiger partial charge in [-0.15, -0.1) is 0 Å². The average Bonchev–Trinajstić information content (AvgIpc) is 2.82. The normalized spacial score (nSPS) is 13.2. The van der Waals surface area contributed by atoms with Gasteiger partial charge in [0.15, 0.2) is 0 Å². The molecule has 18 heavy (non-hydrogen) atoms. The van der Waals surface area contributed by atoms with Crippen LogP contribution in [0.2, 0.25) is 0 Å². The molecule has 0 saturated heterocycles. The lowest BCUT2D eigenvalue weighted by Crippen LogP contribution is -2.15. The van der Waals surface area contributed by atoms with Crippen molar-refractivity contribution < 1.29 is 4.39 Å². The van der Waals surface area contributed by atoms with E-state index in [9.17, 15) is 4.39 Å². The van der Waals surface area contributed by atoms with E-state index < -0.39 is 5.82 Å². The number of rotatable bonds is 1. The zero-order chi connectivity index (χ0) is 12.5. The van der Waals surface area contributed by atoms with Gasteiger partial charge in [0.25, 0.3) is 0 Å². The average molecular weight is 240 g/mol. The summed E-state index contributed by atoms with van der Waals surface area (Å²) in [6.45, 7) is 0.677. The molecule has 1 aliphatic rings. The molecule has 1 aromatic carbocycles. The van der Waals surface area contributed by atoms with Crippen LogP contribution in [-0.2, 0) is 6.42 Å². The maximum Gasteiger partial charge on any atom is 0.148 e. The summed E-state index contributed by atoms with van der Waals surface area (Å²) in [5.41, 5.74) is 1.78. The summed E-state index contributed by atoms with van der Waals surface area (Å²) >= 11 is 0. The molecule has 0 saturated carbocycles. The van der Waals surface area contributed by atoms with Crippen LogP contribution in [0.3, 0.4) is 0 Å². The van der Waals surface area contributed by atoms with E-state index in [1.807, 2.05) is 11.0 Å². The van der Waals surface area contributed by atoms with Crippen molar-refractivity contribution in [3.63, 3.8) is 0 Å². The first-order valence-electron chi connectivity index (χ1n) is 5.55. The molecule has 0 amide bonds. The Hall–Kier alpha value is -2.48. The van der Waals surface area contributed by atoms with E-state index in [1.54, 1.807) is 18.3 Å². The Labute approximate surface area is 103 Å². The molecule has 2 aromatic rings. The third-order valence-electron chi connectivity index (χ3n) is 2.99. The molecule has 0 fully saturated rings. The Morgan fingerprint density at radius 2 is 2.28 bits per heavy atom. The molecule has 0 radical (unpaired) electrons. The lowest BCUT2D eigenvalue weighted by atomic mass is 10.2. The zero-order valence-electron chi connectivity index (χ0n) is 9.47. The van der Waals surface area contributed by atoms with Crippen LogP contribution in [0.4, 0.5) is 15.9 Å². The van der Waals surface area contributed by atoms with Crippen molar-refractivity contribution >= 4 is 11.5 Å². The number of nitriles is 1. The van der Waals surface area contributed by atoms with Gasteiger partial charge in [-0.05, 0) is 24.6 Å². The van der Waals surface area contributed by atoms with Crippen molar-refractivity contribution in [3.8, 4) is 6.07 Å². The lowest BCUT2D eigenvalue weighted by Gasteiger charge is -2.18. The minimum Gasteiger partial charge on any atom is -0.323 e. The van der Waals surface area contributed by atoms with Gasteiger partial charge in [-0.2, -0.15) is 5.26 Å². The Morgan fingerprint density at radius 3 is 3.06 bits per heavy atom. The van der Waals surface area contributed by atoms with Crippen molar-refractivity contribution in [2.24, 2.45) is 0 Å². The van der Waals surface area contributed by atoms with Crippen LogP contribution in [0.5, 0.6) is 0 Å². The fourth-order valence-electron chi connectivity index (χ4n) is 2.14. The fourth-order valence-corrected chi connectivity index (χ4v) is 2.14. The Balaban J connectivity index is 2.05. The number of fused-ring (bicyclic) bond motifs is 1. The summed E-state index contributed by atoms with van der Waals surface area (Å²) in [4.78, 5) is 9.96. The SMILES string of the molecule is N#Cc1ccc(N2CCc3cncnc32)c(F)c1. The first-order chi connectivity index (χ1) is 8.79. The topological polar surface area (TPSA) is 52.8 Å². The number of hydrogen-bond donors (Lipinski definition) is 0. The molecule has 0 atom stereocenters. The van der Waals surface area contributed by atoms with E-state index in [-0.39, 0.29) is 0 Å². The third kappa shape index (κ3) is 1.59. The first kappa shape index (κ1) is 10.7. The lowest BCUT2D eigenvalue weighted by molar-refractivity contribution is 0.625. The summed E-state index contributed by atoms with van der Waals surface area (Å²) in [5, 5.41) is 8.73. The molecule has 0 bridgehead atoms. The highest BCUT2D eigenvalue weighted by atomic mass is 19.1. The van der Waals surface area contributed by atoms with Crippen LogP contribution < -0.4 is 4.90 Å². The maximum atomic E-state index is 13.9. The van der Waals surface area contributed by atoms with Crippen LogP contribution in [-0.4, -0.2) is 16.5 Å². The van der Waals surface area contributed by atoms with E-state index in [0.717, 1.165) is 17.8 Å². The fraction of sp³-hybridized carbons (Fsp3) is 0.154. The van der Waals surface area contributed by atoms with Gasteiger partial charge in [0.2, 0.25) is 0 Å². The van der Waals surface area contributed by atoms with E-state index in [0.29, 0.717) is 17.8 Å². The maximum absolute atomic E-state index is 13.9. The number of hydrogen-bond acceptors (Lipinski definition) is 4. The second kappa shape index (κ2) is 4.08. The quantitative estimate of drug-likeness (QED) is 0.766. The predicted molar refractivity (Wildman–Crippen MR) is 63.9 cm³/mol. The van der Waals surface area contributed by atoms with Gasteiger partial charge in [-0.3, -0.25) is 0 Å². The Bertz CT molecular complexity index is 648. The van der Waals surface area contributed by atoms with Crippen LogP contribution in [0, 0.1) is 17.1 Å². The van der Waals surface area contributed by atoms with Gasteiger partial charge in [-0.1, -0.05) is 0 Å². The molecule has 88 valence electrons. The molecule has 0 aliphatic carbocycles. The van der Waals surface area contributed by atoms with Crippen LogP contribution in [0.25, 0.3) is 0 Å². The van der Waals surface area contributed by atoms with E-state index in [4.69, 9.17) is 5.26 Å². The van der Waals surface area contributed by atoms with Gasteiger partial charge in [-0.25, -0.2) is 14.4 Å². The van der Waals surface area contributed by atoms with Gasteiger partial charge >= 0.3 is 0 Å². The summed E-state index contributed by atoms with van der Waals surface area (Å²) in [6, 6.07) is 6.39. The third-order valence-corrected chi connectivity index (χ3v) is 2.99. The number of halogens is 1. The van der Waals surface area contributed by atoms with E-state index >= 15 is 0 Å². The summed E-state index contributed by atoms with van der Waals surface area (Å²) in [5.74, 6) is 0.342. The van der Waals surface area contributed by atoms with Crippen LogP contribution in [0.1, 0.15) is 11.1 Å². The van der Waals surface area contributed by atoms with Crippen molar-refractivity contribution in [3.05, 3.63) is 47.7 Å². The van der Waals surface area contributed by atoms with Crippen molar-refractivity contribution in [1.29, 1.82) is 5.26 Å². The summed E-state index contributed by atoms with van der Waals surface area (Å²) < 4.78 is 13.9. The molecule has 4 nitrogen and oxygen atoms in total. The smallest absolute Gasteiger partial charge is 0.148 e. The number of aromatic nitrogens is 2. The van der Waals surface area contributed by atoms with Crippen LogP contribution >= 0.6 is 0 Å². The minimum atomic E-state index is -0.402. The first-order valence-corrected chi connectivity index (χ1v) is 5.55. The summed E-state index contributed by atoms with van der Waals surface area (Å²) in [7, 11) is 0. The van der Waals surface area contributed by atoms with Gasteiger partial charge in [0.1, 0.15) is 18.0 Å². The molecule has 1 aliphatic heterocycles. The second-order valence-corrected chi connectivity index (χ2v) is 4.05. The van der Waals surface area contributed by atoms with Gasteiger partial charge in [0, 0.05) is 18.3 Å². The molecule has 0 spiro atoms. The highest BCUT2D eigenvalue weighted by Crippen LogP contribution is 2.33. The Kier molecular flexibility index (Phi) is 2.41.